The molecule has 1 heterocycles. The fourth-order valence-electron chi connectivity index (χ4n) is 3.54. The number of benzene rings is 2. The van der Waals surface area contributed by atoms with Crippen LogP contribution in [0.5, 0.6) is 0 Å². The number of hydrogen-bond acceptors (Lipinski definition) is 3. The molecule has 0 unspecified atom stereocenters. The van der Waals surface area contributed by atoms with E-state index in [1.54, 1.807) is 0 Å². The third-order valence-corrected chi connectivity index (χ3v) is 5.20. The molecule has 0 aliphatic rings. The van der Waals surface area contributed by atoms with Gasteiger partial charge in [-0.05, 0) is 30.4 Å². The van der Waals surface area contributed by atoms with Gasteiger partial charge in [0.05, 0.1) is 6.33 Å². The van der Waals surface area contributed by atoms with Gasteiger partial charge in [0.1, 0.15) is 6.54 Å². The lowest BCUT2D eigenvalue weighted by Gasteiger charge is -2.18. The minimum Gasteiger partial charge on any atom is -0.355 e. The number of unbranched alkanes of at least 4 members (excludes halogenated alkanes) is 1. The Balaban J connectivity index is 1.58. The Hall–Kier alpha value is -3.21. The van der Waals surface area contributed by atoms with Gasteiger partial charge in [0.2, 0.25) is 5.91 Å². The van der Waals surface area contributed by atoms with Crippen LogP contribution in [0.25, 0.3) is 0 Å². The molecule has 0 spiro atoms. The first-order chi connectivity index (χ1) is 14.7. The molecule has 0 saturated carbocycles. The van der Waals surface area contributed by atoms with Crippen LogP contribution in [0.1, 0.15) is 48.9 Å². The van der Waals surface area contributed by atoms with E-state index in [-0.39, 0.29) is 23.9 Å². The molecule has 5 nitrogen and oxygen atoms in total. The second-order valence-electron chi connectivity index (χ2n) is 7.46. The molecule has 0 atom stereocenters. The summed E-state index contributed by atoms with van der Waals surface area (Å²) in [4.78, 5) is 28.9. The second-order valence-corrected chi connectivity index (χ2v) is 7.46. The van der Waals surface area contributed by atoms with E-state index in [0.717, 1.165) is 31.4 Å². The van der Waals surface area contributed by atoms with Gasteiger partial charge in [-0.15, -0.1) is 0 Å². The van der Waals surface area contributed by atoms with E-state index in [2.05, 4.69) is 41.5 Å². The van der Waals surface area contributed by atoms with Crippen molar-refractivity contribution in [2.75, 3.05) is 6.54 Å². The summed E-state index contributed by atoms with van der Waals surface area (Å²) in [5.74, 6) is 0.0232. The molecule has 0 bridgehead atoms. The van der Waals surface area contributed by atoms with Crippen molar-refractivity contribution >= 4 is 5.91 Å². The molecule has 30 heavy (non-hydrogen) atoms. The van der Waals surface area contributed by atoms with E-state index < -0.39 is 0 Å². The lowest BCUT2D eigenvalue weighted by molar-refractivity contribution is -0.121. The van der Waals surface area contributed by atoms with E-state index in [4.69, 9.17) is 0 Å². The van der Waals surface area contributed by atoms with Gasteiger partial charge in [0, 0.05) is 24.2 Å². The maximum Gasteiger partial charge on any atom is 0.253 e. The van der Waals surface area contributed by atoms with Gasteiger partial charge in [0.15, 0.2) is 0 Å². The molecule has 3 rings (SSSR count). The first kappa shape index (κ1) is 21.5. The first-order valence-electron chi connectivity index (χ1n) is 10.6. The molecule has 0 fully saturated rings. The van der Waals surface area contributed by atoms with Crippen molar-refractivity contribution in [3.63, 3.8) is 0 Å². The highest BCUT2D eigenvalue weighted by atomic mass is 16.2. The topological polar surface area (TPSA) is 64.0 Å². The van der Waals surface area contributed by atoms with Gasteiger partial charge in [-0.2, -0.15) is 0 Å². The molecule has 0 saturated heterocycles. The molecule has 0 radical (unpaired) electrons. The molecular formula is C25H29N3O2. The van der Waals surface area contributed by atoms with Gasteiger partial charge in [0.25, 0.3) is 5.56 Å². The molecule has 0 aliphatic carbocycles. The monoisotopic (exact) mass is 403 g/mol. The zero-order valence-electron chi connectivity index (χ0n) is 17.5. The van der Waals surface area contributed by atoms with Crippen molar-refractivity contribution < 1.29 is 4.79 Å². The van der Waals surface area contributed by atoms with Crippen LogP contribution in [0.2, 0.25) is 0 Å². The van der Waals surface area contributed by atoms with E-state index in [1.165, 1.54) is 28.1 Å². The van der Waals surface area contributed by atoms with E-state index in [1.807, 2.05) is 36.4 Å². The average Bonchev–Trinajstić information content (AvgIpc) is 2.78. The van der Waals surface area contributed by atoms with Crippen LogP contribution in [0.15, 0.2) is 77.9 Å². The number of rotatable bonds is 10. The van der Waals surface area contributed by atoms with Gasteiger partial charge in [-0.25, -0.2) is 4.98 Å². The maximum atomic E-state index is 12.4. The van der Waals surface area contributed by atoms with Gasteiger partial charge >= 0.3 is 0 Å². The number of carbonyl (C=O) groups is 1. The van der Waals surface area contributed by atoms with Gasteiger partial charge in [-0.3, -0.25) is 14.2 Å². The van der Waals surface area contributed by atoms with Crippen molar-refractivity contribution in [2.24, 2.45) is 0 Å². The fraction of sp³-hybridized carbons (Fsp3) is 0.320. The second kappa shape index (κ2) is 11.1. The molecule has 3 aromatic rings. The first-order valence-corrected chi connectivity index (χ1v) is 10.6. The van der Waals surface area contributed by atoms with Crippen molar-refractivity contribution in [3.8, 4) is 0 Å². The third kappa shape index (κ3) is 6.14. The number of amides is 1. The smallest absolute Gasteiger partial charge is 0.253 e. The number of carbonyl (C=O) groups excluding carboxylic acids is 1. The number of aryl methyl sites for hydroxylation is 1. The van der Waals surface area contributed by atoms with Crippen LogP contribution in [-0.2, 0) is 17.8 Å². The summed E-state index contributed by atoms with van der Waals surface area (Å²) in [5, 5.41) is 2.95. The SMILES string of the molecule is CCCCc1cc(=O)n(CC(=O)NCCC(c2ccccc2)c2ccccc2)cn1. The third-order valence-electron chi connectivity index (χ3n) is 5.20. The summed E-state index contributed by atoms with van der Waals surface area (Å²) >= 11 is 0. The predicted octanol–water partition coefficient (Wildman–Crippen LogP) is 3.92. The van der Waals surface area contributed by atoms with E-state index in [0.29, 0.717) is 6.54 Å². The summed E-state index contributed by atoms with van der Waals surface area (Å²) < 4.78 is 1.36. The highest BCUT2D eigenvalue weighted by molar-refractivity contribution is 5.75. The maximum absolute atomic E-state index is 12.4. The predicted molar refractivity (Wildman–Crippen MR) is 119 cm³/mol. The fourth-order valence-corrected chi connectivity index (χ4v) is 3.54. The van der Waals surface area contributed by atoms with Gasteiger partial charge < -0.3 is 5.32 Å². The molecule has 2 aromatic carbocycles. The van der Waals surface area contributed by atoms with Gasteiger partial charge in [-0.1, -0.05) is 74.0 Å². The minimum atomic E-state index is -0.183. The largest absolute Gasteiger partial charge is 0.355 e. The molecule has 1 amide bonds. The molecule has 0 aliphatic heterocycles. The number of hydrogen-bond donors (Lipinski definition) is 1. The van der Waals surface area contributed by atoms with Crippen LogP contribution < -0.4 is 10.9 Å². The molecule has 5 heteroatoms. The Bertz CT molecular complexity index is 945. The molecule has 1 aromatic heterocycles. The highest BCUT2D eigenvalue weighted by Gasteiger charge is 2.14. The number of nitrogens with zero attached hydrogens (tertiary/aromatic N) is 2. The molecule has 1 N–H and O–H groups in total. The van der Waals surface area contributed by atoms with E-state index in [9.17, 15) is 9.59 Å². The zero-order chi connectivity index (χ0) is 21.2. The van der Waals surface area contributed by atoms with Crippen LogP contribution in [0.3, 0.4) is 0 Å². The summed E-state index contributed by atoms with van der Waals surface area (Å²) in [6.45, 7) is 2.62. The summed E-state index contributed by atoms with van der Waals surface area (Å²) in [6.07, 6.45) is 5.10. The van der Waals surface area contributed by atoms with Crippen LogP contribution in [0.4, 0.5) is 0 Å². The Kier molecular flexibility index (Phi) is 7.95. The Morgan fingerprint density at radius 3 is 2.23 bits per heavy atom. The number of aromatic nitrogens is 2. The van der Waals surface area contributed by atoms with Crippen LogP contribution in [-0.4, -0.2) is 22.0 Å². The lowest BCUT2D eigenvalue weighted by atomic mass is 9.88. The van der Waals surface area contributed by atoms with E-state index >= 15 is 0 Å². The Morgan fingerprint density at radius 2 is 1.67 bits per heavy atom. The standard InChI is InChI=1S/C25H29N3O2/c1-2-3-14-22-17-25(30)28(19-27-22)18-24(29)26-16-15-23(20-10-6-4-7-11-20)21-12-8-5-9-13-21/h4-13,17,19,23H,2-3,14-16,18H2,1H3,(H,26,29). The molecular weight excluding hydrogens is 374 g/mol. The van der Waals surface area contributed by atoms with Crippen molar-refractivity contribution in [2.45, 2.75) is 45.1 Å². The summed E-state index contributed by atoms with van der Waals surface area (Å²) in [5.41, 5.74) is 3.05. The zero-order valence-corrected chi connectivity index (χ0v) is 17.5. The summed E-state index contributed by atoms with van der Waals surface area (Å²) in [7, 11) is 0. The highest BCUT2D eigenvalue weighted by Crippen LogP contribution is 2.27. The minimum absolute atomic E-state index is 0.0127. The average molecular weight is 404 g/mol. The molecule has 156 valence electrons. The Labute approximate surface area is 177 Å². The quantitative estimate of drug-likeness (QED) is 0.558. The summed E-state index contributed by atoms with van der Waals surface area (Å²) in [6, 6.07) is 22.1. The Morgan fingerprint density at radius 1 is 1.03 bits per heavy atom. The van der Waals surface area contributed by atoms with Crippen molar-refractivity contribution in [3.05, 3.63) is 100 Å². The lowest BCUT2D eigenvalue weighted by Crippen LogP contribution is -2.33. The van der Waals surface area contributed by atoms with Crippen LogP contribution in [0, 0.1) is 0 Å². The van der Waals surface area contributed by atoms with Crippen molar-refractivity contribution in [1.29, 1.82) is 0 Å². The van der Waals surface area contributed by atoms with Crippen molar-refractivity contribution in [1.82, 2.24) is 14.9 Å². The normalized spacial score (nSPS) is 10.9. The van der Waals surface area contributed by atoms with Crippen LogP contribution >= 0.6 is 0 Å². The number of nitrogens with one attached hydrogen (secondary N) is 1.